The van der Waals surface area contributed by atoms with Crippen molar-refractivity contribution in [3.63, 3.8) is 0 Å². The molecule has 0 aliphatic rings. The van der Waals surface area contributed by atoms with Crippen LogP contribution >= 0.6 is 0 Å². The lowest BCUT2D eigenvalue weighted by atomic mass is 10.1. The summed E-state index contributed by atoms with van der Waals surface area (Å²) in [6, 6.07) is 13.1. The Kier molecular flexibility index (Phi) is 4.59. The Bertz CT molecular complexity index is 777. The normalized spacial score (nSPS) is 13.9. The van der Waals surface area contributed by atoms with Crippen LogP contribution in [-0.2, 0) is 14.7 Å². The molecule has 0 aromatic heterocycles. The lowest BCUT2D eigenvalue weighted by Gasteiger charge is -2.17. The second-order valence-electron chi connectivity index (χ2n) is 4.61. The van der Waals surface area contributed by atoms with Crippen molar-refractivity contribution in [1.82, 2.24) is 4.31 Å². The summed E-state index contributed by atoms with van der Waals surface area (Å²) in [5.74, 6) is 0. The first kappa shape index (κ1) is 15.5. The van der Waals surface area contributed by atoms with Gasteiger partial charge < -0.3 is 4.74 Å². The van der Waals surface area contributed by atoms with Crippen LogP contribution in [0.15, 0.2) is 51.7 Å². The Hall–Kier alpha value is -1.92. The van der Waals surface area contributed by atoms with E-state index in [1.807, 2.05) is 30.3 Å². The quantitative estimate of drug-likeness (QED) is 0.874. The molecule has 0 radical (unpaired) electrons. The van der Waals surface area contributed by atoms with Gasteiger partial charge in [0.05, 0.1) is 11.5 Å². The molecule has 0 saturated heterocycles. The van der Waals surface area contributed by atoms with Gasteiger partial charge in [0.15, 0.2) is 0 Å². The van der Waals surface area contributed by atoms with Crippen molar-refractivity contribution in [2.24, 2.45) is 4.36 Å². The molecule has 2 aromatic carbocycles. The Morgan fingerprint density at radius 2 is 1.86 bits per heavy atom. The predicted molar refractivity (Wildman–Crippen MR) is 83.5 cm³/mol. The lowest BCUT2D eigenvalue weighted by molar-refractivity contribution is 0.164. The molecule has 0 saturated carbocycles. The van der Waals surface area contributed by atoms with Crippen LogP contribution in [0, 0.1) is 0 Å². The molecular weight excluding hydrogens is 288 g/mol. The zero-order chi connectivity index (χ0) is 15.5. The van der Waals surface area contributed by atoms with Crippen LogP contribution in [-0.4, -0.2) is 35.3 Å². The zero-order valence-corrected chi connectivity index (χ0v) is 13.1. The summed E-state index contributed by atoms with van der Waals surface area (Å²) < 4.78 is 23.1. The highest BCUT2D eigenvalue weighted by atomic mass is 32.2. The molecule has 21 heavy (non-hydrogen) atoms. The second-order valence-corrected chi connectivity index (χ2v) is 6.99. The molecule has 1 atom stereocenters. The van der Waals surface area contributed by atoms with Crippen LogP contribution < -0.4 is 0 Å². The molecule has 5 nitrogen and oxygen atoms in total. The number of amides is 1. The van der Waals surface area contributed by atoms with Crippen molar-refractivity contribution >= 4 is 26.8 Å². The van der Waals surface area contributed by atoms with Crippen molar-refractivity contribution in [2.75, 3.05) is 20.7 Å². The van der Waals surface area contributed by atoms with Gasteiger partial charge in [0.2, 0.25) is 0 Å². The summed E-state index contributed by atoms with van der Waals surface area (Å²) in [4.78, 5) is 12.1. The Morgan fingerprint density at radius 3 is 2.48 bits per heavy atom. The fraction of sp³-hybridized carbons (Fsp3) is 0.267. The average Bonchev–Trinajstić information content (AvgIpc) is 2.46. The Labute approximate surface area is 124 Å². The van der Waals surface area contributed by atoms with Crippen molar-refractivity contribution in [1.29, 1.82) is 0 Å². The number of hydrogen-bond donors (Lipinski definition) is 0. The average molecular weight is 306 g/mol. The van der Waals surface area contributed by atoms with Gasteiger partial charge in [-0.1, -0.05) is 30.3 Å². The minimum Gasteiger partial charge on any atom is -0.448 e. The first-order chi connectivity index (χ1) is 9.97. The van der Waals surface area contributed by atoms with Crippen LogP contribution in [0.5, 0.6) is 0 Å². The number of rotatable bonds is 3. The summed E-state index contributed by atoms with van der Waals surface area (Å²) in [5, 5.41) is 1.99. The molecule has 1 unspecified atom stereocenters. The van der Waals surface area contributed by atoms with Gasteiger partial charge in [0.1, 0.15) is 9.92 Å². The van der Waals surface area contributed by atoms with Gasteiger partial charge in [-0.25, -0.2) is 13.3 Å². The van der Waals surface area contributed by atoms with E-state index in [1.54, 1.807) is 33.2 Å². The highest BCUT2D eigenvalue weighted by Crippen LogP contribution is 2.22. The van der Waals surface area contributed by atoms with Crippen LogP contribution in [0.1, 0.15) is 6.92 Å². The molecule has 0 N–H and O–H groups in total. The summed E-state index contributed by atoms with van der Waals surface area (Å²) in [6.07, 6.45) is -0.815. The molecule has 2 aromatic rings. The van der Waals surface area contributed by atoms with E-state index in [0.717, 1.165) is 10.8 Å². The van der Waals surface area contributed by atoms with Crippen LogP contribution in [0.25, 0.3) is 10.8 Å². The predicted octanol–water partition coefficient (Wildman–Crippen LogP) is 3.30. The van der Waals surface area contributed by atoms with E-state index in [9.17, 15) is 9.00 Å². The highest BCUT2D eigenvalue weighted by Gasteiger charge is 2.19. The molecule has 112 valence electrons. The van der Waals surface area contributed by atoms with E-state index < -0.39 is 16.0 Å². The smallest absolute Gasteiger partial charge is 0.443 e. The first-order valence-electron chi connectivity index (χ1n) is 6.57. The van der Waals surface area contributed by atoms with Crippen LogP contribution in [0.2, 0.25) is 0 Å². The number of benzene rings is 2. The maximum Gasteiger partial charge on any atom is 0.443 e. The molecule has 0 aliphatic carbocycles. The molecule has 0 aliphatic heterocycles. The number of carbonyl (C=O) groups excluding carboxylic acids is 1. The van der Waals surface area contributed by atoms with E-state index in [1.165, 1.54) is 4.31 Å². The maximum atomic E-state index is 13.1. The van der Waals surface area contributed by atoms with E-state index in [4.69, 9.17) is 4.74 Å². The second kappa shape index (κ2) is 6.24. The Balaban J connectivity index is 2.60. The van der Waals surface area contributed by atoms with Gasteiger partial charge in [-0.2, -0.15) is 0 Å². The monoisotopic (exact) mass is 306 g/mol. The molecule has 0 bridgehead atoms. The number of carbonyl (C=O) groups is 1. The molecule has 6 heteroatoms. The molecular formula is C15H18N2O3S. The van der Waals surface area contributed by atoms with Gasteiger partial charge >= 0.3 is 6.09 Å². The fourth-order valence-corrected chi connectivity index (χ4v) is 3.40. The minimum absolute atomic E-state index is 0.197. The van der Waals surface area contributed by atoms with E-state index in [0.29, 0.717) is 4.90 Å². The largest absolute Gasteiger partial charge is 0.448 e. The van der Waals surface area contributed by atoms with Crippen molar-refractivity contribution in [3.05, 3.63) is 42.5 Å². The van der Waals surface area contributed by atoms with Gasteiger partial charge in [0.25, 0.3) is 0 Å². The maximum absolute atomic E-state index is 13.1. The number of nitrogens with zero attached hydrogens (tertiary/aromatic N) is 2. The third-order valence-corrected chi connectivity index (χ3v) is 5.24. The highest BCUT2D eigenvalue weighted by molar-refractivity contribution is 7.91. The van der Waals surface area contributed by atoms with Crippen molar-refractivity contribution < 1.29 is 13.7 Å². The Morgan fingerprint density at radius 1 is 1.19 bits per heavy atom. The molecule has 1 amide bonds. The van der Waals surface area contributed by atoms with Gasteiger partial charge in [-0.15, -0.1) is 4.36 Å². The van der Waals surface area contributed by atoms with Gasteiger partial charge in [-0.3, -0.25) is 0 Å². The summed E-state index contributed by atoms with van der Waals surface area (Å²) in [7, 11) is 0.237. The topological polar surface area (TPSA) is 59.0 Å². The number of hydrogen-bond acceptors (Lipinski definition) is 3. The number of fused-ring (bicyclic) bond motifs is 1. The third-order valence-electron chi connectivity index (χ3n) is 2.99. The fourth-order valence-electron chi connectivity index (χ4n) is 1.93. The van der Waals surface area contributed by atoms with E-state index in [-0.39, 0.29) is 6.61 Å². The van der Waals surface area contributed by atoms with Crippen LogP contribution in [0.3, 0.4) is 0 Å². The lowest BCUT2D eigenvalue weighted by Crippen LogP contribution is -2.23. The summed E-state index contributed by atoms with van der Waals surface area (Å²) in [6.45, 7) is 1.88. The van der Waals surface area contributed by atoms with Crippen molar-refractivity contribution in [2.45, 2.75) is 11.8 Å². The standard InChI is InChI=1S/C15H18N2O3S/c1-4-20-15(18)16-21(19,17(2)3)14-10-9-12-7-5-6-8-13(12)11-14/h5-11H,4H2,1-3H3. The molecule has 2 rings (SSSR count). The summed E-state index contributed by atoms with van der Waals surface area (Å²) >= 11 is 0. The SMILES string of the molecule is CCOC(=O)N=S(=O)(c1ccc2ccccc2c1)N(C)C. The van der Waals surface area contributed by atoms with Gasteiger partial charge in [-0.05, 0) is 29.8 Å². The molecule has 0 fully saturated rings. The third kappa shape index (κ3) is 3.22. The first-order valence-corrected chi connectivity index (χ1v) is 8.05. The summed E-state index contributed by atoms with van der Waals surface area (Å²) in [5.41, 5.74) is 0. The van der Waals surface area contributed by atoms with Crippen LogP contribution in [0.4, 0.5) is 4.79 Å². The van der Waals surface area contributed by atoms with Gasteiger partial charge in [0, 0.05) is 14.1 Å². The molecule has 0 heterocycles. The molecule has 0 spiro atoms. The minimum atomic E-state index is -3.01. The number of ether oxygens (including phenoxy) is 1. The van der Waals surface area contributed by atoms with Crippen molar-refractivity contribution in [3.8, 4) is 0 Å². The zero-order valence-electron chi connectivity index (χ0n) is 12.3. The van der Waals surface area contributed by atoms with E-state index >= 15 is 0 Å². The van der Waals surface area contributed by atoms with E-state index in [2.05, 4.69) is 4.36 Å².